The third kappa shape index (κ3) is 2.81. The first-order chi connectivity index (χ1) is 11.6. The van der Waals surface area contributed by atoms with Gasteiger partial charge in [0.05, 0.1) is 25.3 Å². The number of benzene rings is 2. The lowest BCUT2D eigenvalue weighted by molar-refractivity contribution is 0.0603. The molecule has 0 spiro atoms. The lowest BCUT2D eigenvalue weighted by atomic mass is 10.2. The van der Waals surface area contributed by atoms with Crippen LogP contribution >= 0.6 is 0 Å². The molecule has 122 valence electrons. The van der Waals surface area contributed by atoms with E-state index >= 15 is 0 Å². The van der Waals surface area contributed by atoms with Crippen molar-refractivity contribution in [2.75, 3.05) is 19.5 Å². The number of para-hydroxylation sites is 1. The Balaban J connectivity index is 1.99. The van der Waals surface area contributed by atoms with Gasteiger partial charge in [-0.2, -0.15) is 0 Å². The quantitative estimate of drug-likeness (QED) is 0.748. The van der Waals surface area contributed by atoms with E-state index in [1.807, 2.05) is 0 Å². The molecule has 0 saturated carbocycles. The van der Waals surface area contributed by atoms with E-state index in [1.165, 1.54) is 17.9 Å². The maximum absolute atomic E-state index is 12.6. The SMILES string of the molecule is COC(=O)c1cn(C(=O)Nc2cccc(OC)c2)c2ccccc12. The van der Waals surface area contributed by atoms with E-state index in [2.05, 4.69) is 5.32 Å². The third-order valence-corrected chi connectivity index (χ3v) is 3.66. The summed E-state index contributed by atoms with van der Waals surface area (Å²) in [6, 6.07) is 13.8. The van der Waals surface area contributed by atoms with Crippen molar-refractivity contribution < 1.29 is 19.1 Å². The number of carbonyl (C=O) groups is 2. The van der Waals surface area contributed by atoms with Crippen molar-refractivity contribution in [1.82, 2.24) is 4.57 Å². The summed E-state index contributed by atoms with van der Waals surface area (Å²) in [7, 11) is 2.87. The molecule has 0 unspecified atom stereocenters. The first-order valence-corrected chi connectivity index (χ1v) is 7.28. The summed E-state index contributed by atoms with van der Waals surface area (Å²) in [5, 5.41) is 3.44. The highest BCUT2D eigenvalue weighted by Crippen LogP contribution is 2.23. The first-order valence-electron chi connectivity index (χ1n) is 7.28. The number of ether oxygens (including phenoxy) is 2. The summed E-state index contributed by atoms with van der Waals surface area (Å²) in [5.74, 6) is 0.152. The van der Waals surface area contributed by atoms with Gasteiger partial charge in [-0.25, -0.2) is 9.59 Å². The fraction of sp³-hybridized carbons (Fsp3) is 0.111. The van der Waals surface area contributed by atoms with Crippen molar-refractivity contribution in [2.24, 2.45) is 0 Å². The molecule has 3 aromatic rings. The molecule has 2 aromatic carbocycles. The normalized spacial score (nSPS) is 10.4. The number of anilines is 1. The predicted octanol–water partition coefficient (Wildman–Crippen LogP) is 3.52. The van der Waals surface area contributed by atoms with Crippen molar-refractivity contribution >= 4 is 28.6 Å². The average Bonchev–Trinajstić information content (AvgIpc) is 3.01. The van der Waals surface area contributed by atoms with Crippen LogP contribution in [0.15, 0.2) is 54.7 Å². The Morgan fingerprint density at radius 2 is 1.83 bits per heavy atom. The number of amides is 1. The maximum Gasteiger partial charge on any atom is 0.340 e. The van der Waals surface area contributed by atoms with Crippen LogP contribution in [0.25, 0.3) is 10.9 Å². The maximum atomic E-state index is 12.6. The summed E-state index contributed by atoms with van der Waals surface area (Å²) in [5.41, 5.74) is 1.56. The predicted molar refractivity (Wildman–Crippen MR) is 90.7 cm³/mol. The number of nitrogens with one attached hydrogen (secondary N) is 1. The van der Waals surface area contributed by atoms with Gasteiger partial charge in [-0.3, -0.25) is 4.57 Å². The Morgan fingerprint density at radius 1 is 1.04 bits per heavy atom. The summed E-state index contributed by atoms with van der Waals surface area (Å²) in [6.07, 6.45) is 1.48. The van der Waals surface area contributed by atoms with Crippen LogP contribution in [0, 0.1) is 0 Å². The summed E-state index contributed by atoms with van der Waals surface area (Å²) in [6.45, 7) is 0. The standard InChI is InChI=1S/C18H16N2O4/c1-23-13-7-5-6-12(10-13)19-18(22)20-11-15(17(21)24-2)14-8-3-4-9-16(14)20/h3-11H,1-2H3,(H,19,22). The molecule has 3 rings (SSSR count). The van der Waals surface area contributed by atoms with Crippen molar-refractivity contribution in [3.63, 3.8) is 0 Å². The van der Waals surface area contributed by atoms with E-state index in [-0.39, 0.29) is 6.03 Å². The highest BCUT2D eigenvalue weighted by molar-refractivity contribution is 6.08. The van der Waals surface area contributed by atoms with Gasteiger partial charge >= 0.3 is 12.0 Å². The number of fused-ring (bicyclic) bond motifs is 1. The van der Waals surface area contributed by atoms with Crippen LogP contribution in [0.1, 0.15) is 10.4 Å². The number of esters is 1. The van der Waals surface area contributed by atoms with Gasteiger partial charge in [0.15, 0.2) is 0 Å². The molecular weight excluding hydrogens is 308 g/mol. The summed E-state index contributed by atoms with van der Waals surface area (Å²) in [4.78, 5) is 24.5. The number of carbonyl (C=O) groups excluding carboxylic acids is 2. The number of aromatic nitrogens is 1. The van der Waals surface area contributed by atoms with E-state index in [1.54, 1.807) is 55.6 Å². The summed E-state index contributed by atoms with van der Waals surface area (Å²) < 4.78 is 11.3. The second kappa shape index (κ2) is 6.45. The molecule has 1 aromatic heterocycles. The van der Waals surface area contributed by atoms with Gasteiger partial charge in [-0.15, -0.1) is 0 Å². The van der Waals surface area contributed by atoms with Crippen LogP contribution in [0.5, 0.6) is 5.75 Å². The van der Waals surface area contributed by atoms with Gasteiger partial charge in [0.2, 0.25) is 0 Å². The highest BCUT2D eigenvalue weighted by Gasteiger charge is 2.18. The fourth-order valence-corrected chi connectivity index (χ4v) is 2.50. The number of nitrogens with zero attached hydrogens (tertiary/aromatic N) is 1. The van der Waals surface area contributed by atoms with E-state index in [4.69, 9.17) is 9.47 Å². The Bertz CT molecular complexity index is 914. The zero-order valence-electron chi connectivity index (χ0n) is 13.3. The minimum Gasteiger partial charge on any atom is -0.497 e. The molecule has 0 saturated heterocycles. The van der Waals surface area contributed by atoms with Gasteiger partial charge in [0.1, 0.15) is 5.75 Å². The number of hydrogen-bond donors (Lipinski definition) is 1. The Labute approximate surface area is 138 Å². The van der Waals surface area contributed by atoms with Crippen molar-refractivity contribution in [3.8, 4) is 5.75 Å². The molecule has 0 aliphatic carbocycles. The molecule has 6 nitrogen and oxygen atoms in total. The molecule has 6 heteroatoms. The van der Waals surface area contributed by atoms with Crippen LogP contribution in [0.4, 0.5) is 10.5 Å². The zero-order valence-corrected chi connectivity index (χ0v) is 13.3. The van der Waals surface area contributed by atoms with Gasteiger partial charge in [-0.1, -0.05) is 24.3 Å². The fourth-order valence-electron chi connectivity index (χ4n) is 2.50. The van der Waals surface area contributed by atoms with Gasteiger partial charge in [-0.05, 0) is 18.2 Å². The van der Waals surface area contributed by atoms with Crippen molar-refractivity contribution in [2.45, 2.75) is 0 Å². The minimum absolute atomic E-state index is 0.342. The molecular formula is C18H16N2O4. The Morgan fingerprint density at radius 3 is 2.58 bits per heavy atom. The molecule has 0 bridgehead atoms. The van der Waals surface area contributed by atoms with Crippen LogP contribution in [0.3, 0.4) is 0 Å². The lowest BCUT2D eigenvalue weighted by Gasteiger charge is -2.08. The number of methoxy groups -OCH3 is 2. The molecule has 0 radical (unpaired) electrons. The number of hydrogen-bond acceptors (Lipinski definition) is 4. The second-order valence-electron chi connectivity index (χ2n) is 5.08. The van der Waals surface area contributed by atoms with Gasteiger partial charge in [0, 0.05) is 23.3 Å². The Kier molecular flexibility index (Phi) is 4.20. The first kappa shape index (κ1) is 15.6. The largest absolute Gasteiger partial charge is 0.497 e. The van der Waals surface area contributed by atoms with Crippen LogP contribution in [-0.4, -0.2) is 30.8 Å². The smallest absolute Gasteiger partial charge is 0.340 e. The van der Waals surface area contributed by atoms with E-state index in [0.717, 1.165) is 0 Å². The minimum atomic E-state index is -0.487. The Hall–Kier alpha value is -3.28. The van der Waals surface area contributed by atoms with Crippen LogP contribution in [0.2, 0.25) is 0 Å². The molecule has 0 atom stereocenters. The van der Waals surface area contributed by atoms with Gasteiger partial charge in [0.25, 0.3) is 0 Å². The molecule has 24 heavy (non-hydrogen) atoms. The lowest BCUT2D eigenvalue weighted by Crippen LogP contribution is -2.18. The van der Waals surface area contributed by atoms with Crippen molar-refractivity contribution in [1.29, 1.82) is 0 Å². The number of rotatable bonds is 3. The molecule has 0 aliphatic rings. The monoisotopic (exact) mass is 324 g/mol. The molecule has 1 N–H and O–H groups in total. The van der Waals surface area contributed by atoms with Gasteiger partial charge < -0.3 is 14.8 Å². The molecule has 1 heterocycles. The van der Waals surface area contributed by atoms with Crippen molar-refractivity contribution in [3.05, 3.63) is 60.3 Å². The van der Waals surface area contributed by atoms with E-state index < -0.39 is 5.97 Å². The molecule has 0 aliphatic heterocycles. The third-order valence-electron chi connectivity index (χ3n) is 3.66. The van der Waals surface area contributed by atoms with Crippen LogP contribution in [-0.2, 0) is 4.74 Å². The van der Waals surface area contributed by atoms with E-state index in [9.17, 15) is 9.59 Å². The van der Waals surface area contributed by atoms with Crippen LogP contribution < -0.4 is 10.1 Å². The topological polar surface area (TPSA) is 69.6 Å². The average molecular weight is 324 g/mol. The molecule has 1 amide bonds. The summed E-state index contributed by atoms with van der Waals surface area (Å²) >= 11 is 0. The highest BCUT2D eigenvalue weighted by atomic mass is 16.5. The molecule has 0 fully saturated rings. The zero-order chi connectivity index (χ0) is 17.1. The van der Waals surface area contributed by atoms with E-state index in [0.29, 0.717) is 27.9 Å². The second-order valence-corrected chi connectivity index (χ2v) is 5.08.